The first-order valence-electron chi connectivity index (χ1n) is 7.03. The lowest BCUT2D eigenvalue weighted by molar-refractivity contribution is 0.126. The number of nitrogens with zero attached hydrogens (tertiary/aromatic N) is 3. The minimum atomic E-state index is -2.69. The highest BCUT2D eigenvalue weighted by Gasteiger charge is 2.22. The monoisotopic (exact) mass is 319 g/mol. The summed E-state index contributed by atoms with van der Waals surface area (Å²) in [7, 11) is 1.54. The fourth-order valence-corrected chi connectivity index (χ4v) is 2.79. The molecule has 5 nitrogen and oxygen atoms in total. The number of aromatic hydroxyl groups is 1. The molecule has 0 aliphatic heterocycles. The Morgan fingerprint density at radius 3 is 2.65 bits per heavy atom. The van der Waals surface area contributed by atoms with Crippen LogP contribution in [-0.4, -0.2) is 25.9 Å². The summed E-state index contributed by atoms with van der Waals surface area (Å²) in [6.45, 7) is 1.03. The van der Waals surface area contributed by atoms with Crippen LogP contribution in [0.5, 0.6) is 5.75 Å². The molecule has 1 aromatic carbocycles. The van der Waals surface area contributed by atoms with E-state index in [1.165, 1.54) is 17.9 Å². The Labute approximate surface area is 130 Å². The molecule has 7 heteroatoms. The van der Waals surface area contributed by atoms with E-state index in [-0.39, 0.29) is 22.3 Å². The second-order valence-corrected chi connectivity index (χ2v) is 5.35. The number of aromatic nitrogens is 3. The summed E-state index contributed by atoms with van der Waals surface area (Å²) in [5.41, 5.74) is 0.818. The van der Waals surface area contributed by atoms with Crippen LogP contribution in [0.25, 0.3) is 22.2 Å². The molecule has 3 rings (SSSR count). The van der Waals surface area contributed by atoms with Crippen molar-refractivity contribution in [3.63, 3.8) is 0 Å². The summed E-state index contributed by atoms with van der Waals surface area (Å²) in [5, 5.41) is 14.8. The van der Waals surface area contributed by atoms with E-state index in [2.05, 4.69) is 5.10 Å². The lowest BCUT2D eigenvalue weighted by Gasteiger charge is -2.14. The fourth-order valence-electron chi connectivity index (χ4n) is 2.79. The molecule has 23 heavy (non-hydrogen) atoms. The average molecular weight is 319 g/mol. The van der Waals surface area contributed by atoms with Crippen molar-refractivity contribution in [2.24, 2.45) is 7.05 Å². The van der Waals surface area contributed by atoms with E-state index in [1.807, 2.05) is 0 Å². The molecule has 0 aliphatic carbocycles. The lowest BCUT2D eigenvalue weighted by Crippen LogP contribution is -2.26. The van der Waals surface area contributed by atoms with Crippen molar-refractivity contribution < 1.29 is 13.9 Å². The quantitative estimate of drug-likeness (QED) is 0.807. The number of pyridine rings is 1. The topological polar surface area (TPSA) is 60.1 Å². The van der Waals surface area contributed by atoms with Crippen molar-refractivity contribution in [1.29, 1.82) is 0 Å². The molecule has 0 spiro atoms. The molecule has 2 aromatic heterocycles. The minimum absolute atomic E-state index is 0.0178. The van der Waals surface area contributed by atoms with Crippen molar-refractivity contribution in [2.45, 2.75) is 19.9 Å². The van der Waals surface area contributed by atoms with Crippen LogP contribution >= 0.6 is 0 Å². The fraction of sp³-hybridized carbons (Fsp3) is 0.250. The molecule has 0 unspecified atom stereocenters. The van der Waals surface area contributed by atoms with Crippen molar-refractivity contribution in [2.75, 3.05) is 0 Å². The Bertz CT molecular complexity index is 944. The van der Waals surface area contributed by atoms with Crippen molar-refractivity contribution >= 4 is 11.0 Å². The molecular weight excluding hydrogens is 304 g/mol. The van der Waals surface area contributed by atoms with E-state index in [4.69, 9.17) is 0 Å². The minimum Gasteiger partial charge on any atom is -0.506 e. The summed E-state index contributed by atoms with van der Waals surface area (Å²) in [6.07, 6.45) is -1.33. The van der Waals surface area contributed by atoms with Crippen LogP contribution in [0, 0.1) is 6.92 Å². The highest BCUT2D eigenvalue weighted by molar-refractivity contribution is 5.90. The molecule has 0 radical (unpaired) electrons. The predicted octanol–water partition coefficient (Wildman–Crippen LogP) is 2.68. The first-order valence-corrected chi connectivity index (χ1v) is 7.03. The summed E-state index contributed by atoms with van der Waals surface area (Å²) in [4.78, 5) is 12.8. The van der Waals surface area contributed by atoms with E-state index in [9.17, 15) is 18.7 Å². The number of rotatable bonds is 3. The maximum absolute atomic E-state index is 12.9. The zero-order valence-corrected chi connectivity index (χ0v) is 12.6. The first-order chi connectivity index (χ1) is 10.9. The van der Waals surface area contributed by atoms with E-state index in [1.54, 1.807) is 31.2 Å². The number of aryl methyl sites for hydroxylation is 2. The molecule has 0 atom stereocenters. The van der Waals surface area contributed by atoms with Crippen LogP contribution in [0.3, 0.4) is 0 Å². The number of hydrogen-bond acceptors (Lipinski definition) is 3. The van der Waals surface area contributed by atoms with Gasteiger partial charge in [-0.05, 0) is 18.1 Å². The van der Waals surface area contributed by atoms with Gasteiger partial charge in [0, 0.05) is 7.05 Å². The number of benzene rings is 1. The zero-order chi connectivity index (χ0) is 16.7. The molecule has 0 amide bonds. The van der Waals surface area contributed by atoms with Crippen LogP contribution in [0.4, 0.5) is 8.78 Å². The van der Waals surface area contributed by atoms with Crippen molar-refractivity contribution in [3.05, 3.63) is 46.4 Å². The molecule has 0 fully saturated rings. The van der Waals surface area contributed by atoms with E-state index in [0.717, 1.165) is 10.1 Å². The molecule has 2 heterocycles. The van der Waals surface area contributed by atoms with Crippen LogP contribution in [-0.2, 0) is 13.6 Å². The van der Waals surface area contributed by atoms with Gasteiger partial charge in [-0.25, -0.2) is 8.78 Å². The van der Waals surface area contributed by atoms with Gasteiger partial charge in [0.15, 0.2) is 0 Å². The normalized spacial score (nSPS) is 11.5. The molecule has 0 bridgehead atoms. The molecular formula is C16H15F2N3O2. The zero-order valence-electron chi connectivity index (χ0n) is 12.6. The molecule has 120 valence electrons. The van der Waals surface area contributed by atoms with Gasteiger partial charge in [-0.15, -0.1) is 0 Å². The van der Waals surface area contributed by atoms with Crippen molar-refractivity contribution in [1.82, 2.24) is 14.3 Å². The SMILES string of the molecule is Cc1ccccc1-c1c(O)c2cnn(C)c2n(CC(F)F)c1=O. The van der Waals surface area contributed by atoms with Crippen LogP contribution in [0.2, 0.25) is 0 Å². The third kappa shape index (κ3) is 2.38. The number of halogens is 2. The Morgan fingerprint density at radius 2 is 2.00 bits per heavy atom. The Hall–Kier alpha value is -2.70. The number of hydrogen-bond donors (Lipinski definition) is 1. The highest BCUT2D eigenvalue weighted by Crippen LogP contribution is 2.34. The third-order valence-electron chi connectivity index (χ3n) is 3.85. The maximum atomic E-state index is 12.9. The van der Waals surface area contributed by atoms with Crippen LogP contribution in [0.1, 0.15) is 5.56 Å². The standard InChI is InChI=1S/C16H15F2N3O2/c1-9-5-3-4-6-10(9)13-14(22)11-7-19-20(2)15(11)21(16(13)23)8-12(17)18/h3-7,12,22H,8H2,1-2H3. The number of alkyl halides is 2. The van der Waals surface area contributed by atoms with Crippen LogP contribution in [0.15, 0.2) is 35.3 Å². The summed E-state index contributed by atoms with van der Waals surface area (Å²) >= 11 is 0. The van der Waals surface area contributed by atoms with Gasteiger partial charge in [-0.2, -0.15) is 5.10 Å². The average Bonchev–Trinajstić information content (AvgIpc) is 2.87. The maximum Gasteiger partial charge on any atom is 0.264 e. The highest BCUT2D eigenvalue weighted by atomic mass is 19.3. The summed E-state index contributed by atoms with van der Waals surface area (Å²) in [6, 6.07) is 7.00. The van der Waals surface area contributed by atoms with Gasteiger partial charge in [0.1, 0.15) is 11.4 Å². The smallest absolute Gasteiger partial charge is 0.264 e. The van der Waals surface area contributed by atoms with E-state index < -0.39 is 18.5 Å². The Kier molecular flexibility index (Phi) is 3.63. The first kappa shape index (κ1) is 15.2. The van der Waals surface area contributed by atoms with Gasteiger partial charge >= 0.3 is 0 Å². The Balaban J connectivity index is 2.45. The largest absolute Gasteiger partial charge is 0.506 e. The molecule has 3 aromatic rings. The van der Waals surface area contributed by atoms with Gasteiger partial charge in [0.2, 0.25) is 0 Å². The van der Waals surface area contributed by atoms with Gasteiger partial charge < -0.3 is 5.11 Å². The summed E-state index contributed by atoms with van der Waals surface area (Å²) in [5.74, 6) is -0.238. The van der Waals surface area contributed by atoms with E-state index in [0.29, 0.717) is 5.56 Å². The molecule has 0 saturated heterocycles. The second kappa shape index (κ2) is 5.49. The molecule has 1 N–H and O–H groups in total. The van der Waals surface area contributed by atoms with Crippen LogP contribution < -0.4 is 5.56 Å². The Morgan fingerprint density at radius 1 is 1.30 bits per heavy atom. The van der Waals surface area contributed by atoms with Gasteiger partial charge in [-0.3, -0.25) is 14.0 Å². The second-order valence-electron chi connectivity index (χ2n) is 5.35. The van der Waals surface area contributed by atoms with Crippen molar-refractivity contribution in [3.8, 4) is 16.9 Å². The third-order valence-corrected chi connectivity index (χ3v) is 3.85. The predicted molar refractivity (Wildman–Crippen MR) is 82.8 cm³/mol. The van der Waals surface area contributed by atoms with Gasteiger partial charge in [0.05, 0.1) is 23.7 Å². The molecule has 0 saturated carbocycles. The number of fused-ring (bicyclic) bond motifs is 1. The van der Waals surface area contributed by atoms with Gasteiger partial charge in [0.25, 0.3) is 12.0 Å². The van der Waals surface area contributed by atoms with Gasteiger partial charge in [-0.1, -0.05) is 24.3 Å². The summed E-state index contributed by atoms with van der Waals surface area (Å²) < 4.78 is 28.1. The van der Waals surface area contributed by atoms with E-state index >= 15 is 0 Å². The lowest BCUT2D eigenvalue weighted by atomic mass is 10.00. The molecule has 0 aliphatic rings.